The van der Waals surface area contributed by atoms with E-state index in [-0.39, 0.29) is 11.3 Å². The molecule has 0 atom stereocenters. The molecule has 2 aromatic rings. The third kappa shape index (κ3) is 2.89. The third-order valence-electron chi connectivity index (χ3n) is 2.94. The molecule has 0 radical (unpaired) electrons. The van der Waals surface area contributed by atoms with Crippen molar-refractivity contribution in [3.8, 4) is 10.6 Å². The maximum atomic E-state index is 11.9. The zero-order valence-electron chi connectivity index (χ0n) is 12.2. The summed E-state index contributed by atoms with van der Waals surface area (Å²) in [7, 11) is 0. The predicted molar refractivity (Wildman–Crippen MR) is 82.6 cm³/mol. The van der Waals surface area contributed by atoms with E-state index in [2.05, 4.69) is 16.5 Å². The molecule has 3 N–H and O–H groups in total. The molecule has 2 rings (SSSR count). The van der Waals surface area contributed by atoms with Crippen LogP contribution in [0.25, 0.3) is 10.6 Å². The van der Waals surface area contributed by atoms with Crippen LogP contribution in [-0.4, -0.2) is 10.9 Å². The van der Waals surface area contributed by atoms with Crippen LogP contribution in [0.4, 0.5) is 0 Å². The summed E-state index contributed by atoms with van der Waals surface area (Å²) in [5.74, 6) is 4.98. The number of carbonyl (C=O) groups is 1. The van der Waals surface area contributed by atoms with Crippen LogP contribution in [0, 0.1) is 6.92 Å². The Morgan fingerprint density at radius 2 is 2.05 bits per heavy atom. The van der Waals surface area contributed by atoms with Crippen molar-refractivity contribution in [1.29, 1.82) is 0 Å². The van der Waals surface area contributed by atoms with Gasteiger partial charge in [-0.25, -0.2) is 10.8 Å². The maximum Gasteiger partial charge on any atom is 0.277 e. The quantitative estimate of drug-likeness (QED) is 0.507. The molecular formula is C15H19N3OS. The van der Waals surface area contributed by atoms with Crippen LogP contribution in [0.1, 0.15) is 41.7 Å². The Morgan fingerprint density at radius 1 is 1.35 bits per heavy atom. The van der Waals surface area contributed by atoms with Crippen molar-refractivity contribution in [2.75, 3.05) is 0 Å². The number of thiazole rings is 1. The van der Waals surface area contributed by atoms with Crippen LogP contribution >= 0.6 is 11.3 Å². The number of aromatic nitrogens is 1. The van der Waals surface area contributed by atoms with E-state index in [0.717, 1.165) is 16.3 Å². The molecule has 0 aliphatic rings. The Hall–Kier alpha value is -1.72. The van der Waals surface area contributed by atoms with Crippen LogP contribution in [0.2, 0.25) is 0 Å². The average molecular weight is 289 g/mol. The fourth-order valence-corrected chi connectivity index (χ4v) is 3.12. The largest absolute Gasteiger partial charge is 0.289 e. The number of aryl methyl sites for hydroxylation is 1. The van der Waals surface area contributed by atoms with Gasteiger partial charge in [-0.1, -0.05) is 44.5 Å². The molecule has 0 aliphatic heterocycles. The Labute approximate surface area is 123 Å². The highest BCUT2D eigenvalue weighted by molar-refractivity contribution is 7.17. The van der Waals surface area contributed by atoms with Crippen molar-refractivity contribution < 1.29 is 4.79 Å². The number of nitrogens with one attached hydrogen (secondary N) is 1. The SMILES string of the molecule is Cc1cccc(-c2nc(C(C)(C)C)c(C(=O)NN)s2)c1. The van der Waals surface area contributed by atoms with Gasteiger partial charge in [0.15, 0.2) is 0 Å². The molecule has 0 bridgehead atoms. The van der Waals surface area contributed by atoms with Gasteiger partial charge in [0, 0.05) is 11.0 Å². The molecular weight excluding hydrogens is 270 g/mol. The maximum absolute atomic E-state index is 11.9. The number of hydrazine groups is 1. The summed E-state index contributed by atoms with van der Waals surface area (Å²) in [6, 6.07) is 8.10. The lowest BCUT2D eigenvalue weighted by Crippen LogP contribution is -2.31. The topological polar surface area (TPSA) is 68.0 Å². The van der Waals surface area contributed by atoms with E-state index in [9.17, 15) is 4.79 Å². The molecule has 1 heterocycles. The van der Waals surface area contributed by atoms with Gasteiger partial charge in [-0.05, 0) is 13.0 Å². The zero-order chi connectivity index (χ0) is 14.9. The van der Waals surface area contributed by atoms with Crippen molar-refractivity contribution in [2.45, 2.75) is 33.1 Å². The molecule has 0 fully saturated rings. The minimum atomic E-state index is -0.286. The lowest BCUT2D eigenvalue weighted by atomic mass is 9.91. The molecule has 0 aliphatic carbocycles. The minimum absolute atomic E-state index is 0.208. The van der Waals surface area contributed by atoms with E-state index < -0.39 is 0 Å². The number of nitrogen functional groups attached to an aromatic ring is 1. The average Bonchev–Trinajstić information content (AvgIpc) is 2.82. The smallest absolute Gasteiger partial charge is 0.277 e. The van der Waals surface area contributed by atoms with Crippen LogP contribution in [0.3, 0.4) is 0 Å². The summed E-state index contributed by atoms with van der Waals surface area (Å²) in [5, 5.41) is 0.845. The van der Waals surface area contributed by atoms with Gasteiger partial charge in [-0.15, -0.1) is 11.3 Å². The zero-order valence-corrected chi connectivity index (χ0v) is 13.0. The van der Waals surface area contributed by atoms with E-state index in [4.69, 9.17) is 5.84 Å². The summed E-state index contributed by atoms with van der Waals surface area (Å²) < 4.78 is 0. The molecule has 0 unspecified atom stereocenters. The van der Waals surface area contributed by atoms with Crippen molar-refractivity contribution in [3.05, 3.63) is 40.4 Å². The second-order valence-electron chi connectivity index (χ2n) is 5.79. The summed E-state index contributed by atoms with van der Waals surface area (Å²) >= 11 is 1.38. The second kappa shape index (κ2) is 5.34. The molecule has 0 saturated carbocycles. The Bertz CT molecular complexity index is 641. The lowest BCUT2D eigenvalue weighted by molar-refractivity contribution is 0.0955. The number of carbonyl (C=O) groups excluding carboxylic acids is 1. The molecule has 5 heteroatoms. The van der Waals surface area contributed by atoms with Crippen LogP contribution in [-0.2, 0) is 5.41 Å². The van der Waals surface area contributed by atoms with Crippen molar-refractivity contribution in [3.63, 3.8) is 0 Å². The van der Waals surface area contributed by atoms with Gasteiger partial charge in [-0.2, -0.15) is 0 Å². The highest BCUT2D eigenvalue weighted by atomic mass is 32.1. The van der Waals surface area contributed by atoms with Crippen LogP contribution in [0.15, 0.2) is 24.3 Å². The van der Waals surface area contributed by atoms with E-state index in [1.165, 1.54) is 16.9 Å². The van der Waals surface area contributed by atoms with Gasteiger partial charge >= 0.3 is 0 Å². The van der Waals surface area contributed by atoms with Gasteiger partial charge in [-0.3, -0.25) is 10.2 Å². The minimum Gasteiger partial charge on any atom is -0.289 e. The van der Waals surface area contributed by atoms with Gasteiger partial charge < -0.3 is 0 Å². The molecule has 1 aromatic heterocycles. The van der Waals surface area contributed by atoms with Gasteiger partial charge in [0.05, 0.1) is 5.69 Å². The lowest BCUT2D eigenvalue weighted by Gasteiger charge is -2.16. The van der Waals surface area contributed by atoms with Gasteiger partial charge in [0.25, 0.3) is 5.91 Å². The molecule has 1 amide bonds. The fourth-order valence-electron chi connectivity index (χ4n) is 1.95. The Kier molecular flexibility index (Phi) is 3.92. The van der Waals surface area contributed by atoms with Crippen molar-refractivity contribution >= 4 is 17.2 Å². The first-order valence-corrected chi connectivity index (χ1v) is 7.24. The van der Waals surface area contributed by atoms with Gasteiger partial charge in [0.2, 0.25) is 0 Å². The number of hydrogen-bond acceptors (Lipinski definition) is 4. The predicted octanol–water partition coefficient (Wildman–Crippen LogP) is 3.02. The number of benzene rings is 1. The number of rotatable bonds is 2. The van der Waals surface area contributed by atoms with Crippen molar-refractivity contribution in [2.24, 2.45) is 5.84 Å². The first kappa shape index (κ1) is 14.7. The highest BCUT2D eigenvalue weighted by Gasteiger charge is 2.27. The number of nitrogens with two attached hydrogens (primary N) is 1. The summed E-state index contributed by atoms with van der Waals surface area (Å²) in [6.07, 6.45) is 0. The normalized spacial score (nSPS) is 11.4. The summed E-state index contributed by atoms with van der Waals surface area (Å²) in [6.45, 7) is 8.15. The molecule has 0 spiro atoms. The summed E-state index contributed by atoms with van der Waals surface area (Å²) in [5.41, 5.74) is 4.96. The van der Waals surface area contributed by atoms with E-state index >= 15 is 0 Å². The molecule has 20 heavy (non-hydrogen) atoms. The Morgan fingerprint density at radius 3 is 2.60 bits per heavy atom. The monoisotopic (exact) mass is 289 g/mol. The second-order valence-corrected chi connectivity index (χ2v) is 6.79. The highest BCUT2D eigenvalue weighted by Crippen LogP contribution is 2.34. The van der Waals surface area contributed by atoms with Gasteiger partial charge in [0.1, 0.15) is 9.88 Å². The Balaban J connectivity index is 2.57. The molecule has 0 saturated heterocycles. The molecule has 1 aromatic carbocycles. The number of nitrogens with zero attached hydrogens (tertiary/aromatic N) is 1. The van der Waals surface area contributed by atoms with E-state index in [1.54, 1.807) is 0 Å². The molecule has 4 nitrogen and oxygen atoms in total. The van der Waals surface area contributed by atoms with Crippen molar-refractivity contribution in [1.82, 2.24) is 10.4 Å². The van der Waals surface area contributed by atoms with Crippen LogP contribution in [0.5, 0.6) is 0 Å². The first-order chi connectivity index (χ1) is 9.32. The standard InChI is InChI=1S/C15H19N3OS/c1-9-6-5-7-10(8-9)14-17-12(15(2,3)4)11(20-14)13(19)18-16/h5-8H,16H2,1-4H3,(H,18,19). The molecule has 106 valence electrons. The summed E-state index contributed by atoms with van der Waals surface area (Å²) in [4.78, 5) is 17.2. The van der Waals surface area contributed by atoms with E-state index in [1.807, 2.05) is 45.9 Å². The number of amides is 1. The fraction of sp³-hybridized carbons (Fsp3) is 0.333. The van der Waals surface area contributed by atoms with E-state index in [0.29, 0.717) is 4.88 Å². The number of hydrogen-bond donors (Lipinski definition) is 2. The third-order valence-corrected chi connectivity index (χ3v) is 4.04. The first-order valence-electron chi connectivity index (χ1n) is 6.42. The van der Waals surface area contributed by atoms with Crippen LogP contribution < -0.4 is 11.3 Å².